The molecule has 3 aromatic carbocycles. The summed E-state index contributed by atoms with van der Waals surface area (Å²) in [6.07, 6.45) is 5.66. The Hall–Kier alpha value is -3.06. The van der Waals surface area contributed by atoms with E-state index < -0.39 is 0 Å². The molecule has 3 aromatic rings. The van der Waals surface area contributed by atoms with E-state index in [-0.39, 0.29) is 10.8 Å². The maximum atomic E-state index is 6.21. The van der Waals surface area contributed by atoms with Gasteiger partial charge in [-0.25, -0.2) is 0 Å². The van der Waals surface area contributed by atoms with Gasteiger partial charge in [0.2, 0.25) is 0 Å². The van der Waals surface area contributed by atoms with Crippen molar-refractivity contribution >= 4 is 5.57 Å². The summed E-state index contributed by atoms with van der Waals surface area (Å²) in [6.45, 7) is 18.3. The van der Waals surface area contributed by atoms with Gasteiger partial charge in [0, 0.05) is 0 Å². The van der Waals surface area contributed by atoms with Crippen LogP contribution >= 0.6 is 0 Å². The van der Waals surface area contributed by atoms with Crippen molar-refractivity contribution < 1.29 is 4.74 Å². The summed E-state index contributed by atoms with van der Waals surface area (Å²) in [4.78, 5) is 0. The lowest BCUT2D eigenvalue weighted by molar-refractivity contribution is 0.479. The highest BCUT2D eigenvalue weighted by molar-refractivity contribution is 5.81. The van der Waals surface area contributed by atoms with Gasteiger partial charge in [-0.15, -0.1) is 0 Å². The fraction of sp³-hybridized carbons (Fsp3) is 0.371. The quantitative estimate of drug-likeness (QED) is 0.354. The second-order valence-corrected chi connectivity index (χ2v) is 12.5. The number of ether oxygens (including phenoxy) is 1. The van der Waals surface area contributed by atoms with Gasteiger partial charge in [0.15, 0.2) is 0 Å². The van der Waals surface area contributed by atoms with E-state index in [1.54, 1.807) is 5.57 Å². The van der Waals surface area contributed by atoms with Crippen LogP contribution in [0.5, 0.6) is 11.5 Å². The molecule has 4 rings (SSSR count). The third-order valence-corrected chi connectivity index (χ3v) is 7.29. The molecule has 0 saturated carbocycles. The smallest absolute Gasteiger partial charge is 0.127 e. The third-order valence-electron chi connectivity index (χ3n) is 7.29. The molecular formula is C35H42O. The van der Waals surface area contributed by atoms with Crippen molar-refractivity contribution in [1.82, 2.24) is 0 Å². The van der Waals surface area contributed by atoms with Crippen LogP contribution < -0.4 is 4.74 Å². The van der Waals surface area contributed by atoms with E-state index in [2.05, 4.69) is 116 Å². The molecule has 1 aliphatic rings. The maximum Gasteiger partial charge on any atom is 0.127 e. The van der Waals surface area contributed by atoms with Crippen molar-refractivity contribution in [2.75, 3.05) is 0 Å². The van der Waals surface area contributed by atoms with E-state index in [4.69, 9.17) is 4.74 Å². The van der Waals surface area contributed by atoms with Gasteiger partial charge >= 0.3 is 0 Å². The molecule has 188 valence electrons. The minimum atomic E-state index is 0.121. The van der Waals surface area contributed by atoms with E-state index in [9.17, 15) is 0 Å². The van der Waals surface area contributed by atoms with Gasteiger partial charge in [0.1, 0.15) is 11.5 Å². The first-order valence-corrected chi connectivity index (χ1v) is 13.3. The lowest BCUT2D eigenvalue weighted by Crippen LogP contribution is -2.15. The third kappa shape index (κ3) is 6.19. The van der Waals surface area contributed by atoms with Crippen molar-refractivity contribution in [3.8, 4) is 11.5 Å². The van der Waals surface area contributed by atoms with E-state index in [1.807, 2.05) is 12.1 Å². The molecule has 0 bridgehead atoms. The van der Waals surface area contributed by atoms with Crippen molar-refractivity contribution in [2.24, 2.45) is 5.41 Å². The topological polar surface area (TPSA) is 9.23 Å². The molecule has 0 radical (unpaired) electrons. The van der Waals surface area contributed by atoms with Crippen LogP contribution in [-0.4, -0.2) is 0 Å². The second-order valence-electron chi connectivity index (χ2n) is 12.5. The summed E-state index contributed by atoms with van der Waals surface area (Å²) in [7, 11) is 0. The number of rotatable bonds is 5. The zero-order chi connectivity index (χ0) is 26.1. The van der Waals surface area contributed by atoms with E-state index in [0.29, 0.717) is 0 Å². The molecule has 0 unspecified atom stereocenters. The molecule has 0 aliphatic heterocycles. The number of aryl methyl sites for hydroxylation is 2. The summed E-state index contributed by atoms with van der Waals surface area (Å²) >= 11 is 0. The van der Waals surface area contributed by atoms with Gasteiger partial charge in [-0.05, 0) is 102 Å². The normalized spacial score (nSPS) is 14.6. The van der Waals surface area contributed by atoms with E-state index >= 15 is 0 Å². The number of allylic oxidation sites excluding steroid dienone is 4. The molecule has 0 fully saturated rings. The molecule has 1 heteroatoms. The Morgan fingerprint density at radius 1 is 0.722 bits per heavy atom. The average molecular weight is 479 g/mol. The minimum absolute atomic E-state index is 0.121. The highest BCUT2D eigenvalue weighted by Gasteiger charge is 2.25. The fourth-order valence-corrected chi connectivity index (χ4v) is 4.97. The molecule has 1 nitrogen and oxygen atoms in total. The van der Waals surface area contributed by atoms with Crippen LogP contribution in [0.2, 0.25) is 0 Å². The molecule has 0 heterocycles. The lowest BCUT2D eigenvalue weighted by atomic mass is 9.75. The second kappa shape index (κ2) is 10.1. The van der Waals surface area contributed by atoms with Gasteiger partial charge in [-0.1, -0.05) is 101 Å². The minimum Gasteiger partial charge on any atom is -0.457 e. The Balaban J connectivity index is 1.74. The largest absolute Gasteiger partial charge is 0.457 e. The van der Waals surface area contributed by atoms with Crippen LogP contribution in [0, 0.1) is 19.3 Å². The average Bonchev–Trinajstić information content (AvgIpc) is 2.78. The van der Waals surface area contributed by atoms with Crippen molar-refractivity contribution in [2.45, 2.75) is 80.1 Å². The van der Waals surface area contributed by atoms with Crippen LogP contribution in [0.15, 0.2) is 84.0 Å². The monoisotopic (exact) mass is 478 g/mol. The van der Waals surface area contributed by atoms with Crippen molar-refractivity contribution in [3.63, 3.8) is 0 Å². The SMILES string of the molecule is Cc1cccc(Oc2cccc(CC3=C(c4cc(C(C)(C)C)ccc4C)C=C(C(C)(C)C)CC3)c2)c1. The van der Waals surface area contributed by atoms with Gasteiger partial charge in [-0.3, -0.25) is 0 Å². The Bertz CT molecular complexity index is 1300. The number of hydrogen-bond donors (Lipinski definition) is 0. The van der Waals surface area contributed by atoms with E-state index in [0.717, 1.165) is 30.8 Å². The van der Waals surface area contributed by atoms with Crippen molar-refractivity contribution in [1.29, 1.82) is 0 Å². The fourth-order valence-electron chi connectivity index (χ4n) is 4.97. The first kappa shape index (κ1) is 26.0. The van der Waals surface area contributed by atoms with Crippen LogP contribution in [0.25, 0.3) is 5.57 Å². The predicted molar refractivity (Wildman–Crippen MR) is 155 cm³/mol. The Labute approximate surface area is 218 Å². The Morgan fingerprint density at radius 3 is 2.08 bits per heavy atom. The van der Waals surface area contributed by atoms with Gasteiger partial charge in [0.25, 0.3) is 0 Å². The van der Waals surface area contributed by atoms with Crippen LogP contribution in [0.1, 0.15) is 82.2 Å². The summed E-state index contributed by atoms with van der Waals surface area (Å²) < 4.78 is 6.21. The summed E-state index contributed by atoms with van der Waals surface area (Å²) in [5.74, 6) is 1.78. The highest BCUT2D eigenvalue weighted by Crippen LogP contribution is 2.41. The number of benzene rings is 3. The summed E-state index contributed by atoms with van der Waals surface area (Å²) in [5, 5.41) is 0. The molecule has 0 spiro atoms. The lowest BCUT2D eigenvalue weighted by Gasteiger charge is -2.30. The maximum absolute atomic E-state index is 6.21. The Kier molecular flexibility index (Phi) is 7.32. The molecule has 0 aromatic heterocycles. The van der Waals surface area contributed by atoms with Crippen molar-refractivity contribution in [3.05, 3.63) is 112 Å². The summed E-state index contributed by atoms with van der Waals surface area (Å²) in [5.41, 5.74) is 11.4. The molecule has 0 amide bonds. The zero-order valence-corrected chi connectivity index (χ0v) is 23.5. The highest BCUT2D eigenvalue weighted by atomic mass is 16.5. The molecular weight excluding hydrogens is 436 g/mol. The Morgan fingerprint density at radius 2 is 1.42 bits per heavy atom. The number of hydrogen-bond acceptors (Lipinski definition) is 1. The molecule has 0 saturated heterocycles. The van der Waals surface area contributed by atoms with Crippen LogP contribution in [0.4, 0.5) is 0 Å². The van der Waals surface area contributed by atoms with Gasteiger partial charge in [-0.2, -0.15) is 0 Å². The first-order chi connectivity index (χ1) is 16.9. The van der Waals surface area contributed by atoms with Gasteiger partial charge in [0.05, 0.1) is 0 Å². The van der Waals surface area contributed by atoms with E-state index in [1.165, 1.54) is 39.0 Å². The molecule has 0 N–H and O–H groups in total. The van der Waals surface area contributed by atoms with Crippen LogP contribution in [-0.2, 0) is 11.8 Å². The molecule has 0 atom stereocenters. The van der Waals surface area contributed by atoms with Gasteiger partial charge < -0.3 is 4.74 Å². The zero-order valence-electron chi connectivity index (χ0n) is 23.5. The molecule has 1 aliphatic carbocycles. The molecule has 36 heavy (non-hydrogen) atoms. The first-order valence-electron chi connectivity index (χ1n) is 13.3. The van der Waals surface area contributed by atoms with Crippen LogP contribution in [0.3, 0.4) is 0 Å². The predicted octanol–water partition coefficient (Wildman–Crippen LogP) is 10.2. The standard InChI is InChI=1S/C35H42O/c1-24-11-9-13-30(19-24)36-31-14-10-12-26(21-31)20-27-16-18-29(35(6,7)8)23-33(27)32-22-28(34(3,4)5)17-15-25(32)2/h9-15,17,19,21-23H,16,18,20H2,1-8H3. The summed E-state index contributed by atoms with van der Waals surface area (Å²) in [6, 6.07) is 23.9.